The number of benzene rings is 2. The Kier molecular flexibility index (Phi) is 5.35. The first-order valence-electron chi connectivity index (χ1n) is 9.49. The lowest BCUT2D eigenvalue weighted by molar-refractivity contribution is -0.137. The number of nitrogens with zero attached hydrogens (tertiary/aromatic N) is 2. The summed E-state index contributed by atoms with van der Waals surface area (Å²) in [6.07, 6.45) is -4.15. The maximum Gasteiger partial charge on any atom is 0.417 e. The largest absolute Gasteiger partial charge is 0.417 e. The predicted molar refractivity (Wildman–Crippen MR) is 112 cm³/mol. The van der Waals surface area contributed by atoms with Gasteiger partial charge in [0.1, 0.15) is 5.82 Å². The van der Waals surface area contributed by atoms with E-state index in [9.17, 15) is 23.1 Å². The summed E-state index contributed by atoms with van der Waals surface area (Å²) in [7, 11) is 0. The van der Waals surface area contributed by atoms with Crippen LogP contribution in [0.25, 0.3) is 11.1 Å². The van der Waals surface area contributed by atoms with Crippen molar-refractivity contribution in [3.8, 4) is 0 Å². The van der Waals surface area contributed by atoms with Crippen molar-refractivity contribution in [2.75, 3.05) is 10.6 Å². The van der Waals surface area contributed by atoms with Gasteiger partial charge in [-0.25, -0.2) is 9.78 Å². The van der Waals surface area contributed by atoms with Crippen molar-refractivity contribution < 1.29 is 22.7 Å². The number of rotatable bonds is 5. The van der Waals surface area contributed by atoms with Crippen LogP contribution in [0, 0.1) is 6.92 Å². The average molecular weight is 445 g/mol. The number of aliphatic hydroxyl groups is 1. The molecule has 166 valence electrons. The number of fused-ring (bicyclic) bond motifs is 1. The zero-order valence-corrected chi connectivity index (χ0v) is 16.9. The molecule has 0 bridgehead atoms. The molecule has 0 aliphatic carbocycles. The number of halogens is 3. The van der Waals surface area contributed by atoms with Crippen LogP contribution in [-0.4, -0.2) is 20.1 Å². The summed E-state index contributed by atoms with van der Waals surface area (Å²) in [5.41, 5.74) is 1.49. The van der Waals surface area contributed by atoms with Gasteiger partial charge in [-0.1, -0.05) is 0 Å². The number of nitrogens with one attached hydrogen (secondary N) is 3. The maximum absolute atomic E-state index is 13.2. The highest BCUT2D eigenvalue weighted by atomic mass is 19.4. The van der Waals surface area contributed by atoms with E-state index in [1.54, 1.807) is 25.1 Å². The fourth-order valence-corrected chi connectivity index (χ4v) is 3.05. The van der Waals surface area contributed by atoms with Crippen LogP contribution in [-0.2, 0) is 6.18 Å². The molecule has 8 nitrogen and oxygen atoms in total. The zero-order valence-electron chi connectivity index (χ0n) is 16.9. The molecule has 0 radical (unpaired) electrons. The second-order valence-electron chi connectivity index (χ2n) is 7.22. The van der Waals surface area contributed by atoms with Gasteiger partial charge in [-0.05, 0) is 55.8 Å². The van der Waals surface area contributed by atoms with E-state index in [-0.39, 0.29) is 17.2 Å². The molecular weight excluding hydrogens is 427 g/mol. The number of aromatic nitrogens is 3. The molecule has 0 saturated carbocycles. The molecule has 1 unspecified atom stereocenters. The highest BCUT2D eigenvalue weighted by Gasteiger charge is 2.31. The van der Waals surface area contributed by atoms with Crippen LogP contribution < -0.4 is 16.4 Å². The number of anilines is 4. The predicted octanol–water partition coefficient (Wildman–Crippen LogP) is 4.78. The molecule has 4 rings (SSSR count). The Balaban J connectivity index is 1.63. The van der Waals surface area contributed by atoms with E-state index in [1.807, 2.05) is 0 Å². The van der Waals surface area contributed by atoms with Crippen LogP contribution in [0.5, 0.6) is 0 Å². The molecule has 0 aliphatic rings. The van der Waals surface area contributed by atoms with Crippen LogP contribution in [0.3, 0.4) is 0 Å². The molecule has 2 heterocycles. The minimum atomic E-state index is -4.57. The standard InChI is InChI=1S/C21H18F3N5O3/c1-10-9-25-19(27-15-6-12(11(2)30)5-13(7-15)21(22,23)24)29-18(10)26-14-3-4-17-16(8-14)28-20(31)32-17/h3-9,11,30H,1-2H3,(H,28,31)(H2,25,26,27,29). The molecule has 0 saturated heterocycles. The lowest BCUT2D eigenvalue weighted by atomic mass is 10.1. The van der Waals surface area contributed by atoms with E-state index in [0.29, 0.717) is 28.2 Å². The summed E-state index contributed by atoms with van der Waals surface area (Å²) < 4.78 is 44.7. The second kappa shape index (κ2) is 8.00. The van der Waals surface area contributed by atoms with E-state index in [1.165, 1.54) is 19.2 Å². The van der Waals surface area contributed by atoms with Gasteiger partial charge in [0.2, 0.25) is 5.95 Å². The van der Waals surface area contributed by atoms with Crippen LogP contribution in [0.2, 0.25) is 0 Å². The number of H-pyrrole nitrogens is 1. The quantitative estimate of drug-likeness (QED) is 0.349. The van der Waals surface area contributed by atoms with Gasteiger partial charge in [-0.2, -0.15) is 18.2 Å². The van der Waals surface area contributed by atoms with Crippen LogP contribution in [0.1, 0.15) is 29.7 Å². The Hall–Kier alpha value is -3.86. The molecule has 2 aromatic heterocycles. The highest BCUT2D eigenvalue weighted by molar-refractivity contribution is 5.78. The Morgan fingerprint density at radius 3 is 2.62 bits per heavy atom. The molecule has 0 aliphatic heterocycles. The molecule has 0 spiro atoms. The van der Waals surface area contributed by atoms with Gasteiger partial charge in [0.25, 0.3) is 0 Å². The number of aryl methyl sites for hydroxylation is 1. The van der Waals surface area contributed by atoms with Crippen molar-refractivity contribution in [3.05, 3.63) is 69.8 Å². The number of aromatic amines is 1. The summed E-state index contributed by atoms with van der Waals surface area (Å²) in [4.78, 5) is 22.3. The summed E-state index contributed by atoms with van der Waals surface area (Å²) in [6, 6.07) is 8.19. The maximum atomic E-state index is 13.2. The van der Waals surface area contributed by atoms with Crippen molar-refractivity contribution in [2.45, 2.75) is 26.1 Å². The lowest BCUT2D eigenvalue weighted by Gasteiger charge is -2.15. The normalized spacial score (nSPS) is 12.7. The second-order valence-corrected chi connectivity index (χ2v) is 7.22. The van der Waals surface area contributed by atoms with E-state index in [0.717, 1.165) is 12.1 Å². The number of oxazole rings is 1. The van der Waals surface area contributed by atoms with E-state index < -0.39 is 23.6 Å². The van der Waals surface area contributed by atoms with Crippen molar-refractivity contribution in [1.29, 1.82) is 0 Å². The third-order valence-electron chi connectivity index (χ3n) is 4.67. The first-order chi connectivity index (χ1) is 15.1. The van der Waals surface area contributed by atoms with E-state index >= 15 is 0 Å². The van der Waals surface area contributed by atoms with Gasteiger partial charge in [0.05, 0.1) is 17.2 Å². The molecule has 4 aromatic rings. The van der Waals surface area contributed by atoms with Crippen molar-refractivity contribution in [2.24, 2.45) is 0 Å². The van der Waals surface area contributed by atoms with Gasteiger partial charge >= 0.3 is 11.9 Å². The number of aliphatic hydroxyl groups excluding tert-OH is 1. The summed E-state index contributed by atoms with van der Waals surface area (Å²) in [6.45, 7) is 3.15. The van der Waals surface area contributed by atoms with Gasteiger partial charge in [0.15, 0.2) is 5.58 Å². The third kappa shape index (κ3) is 4.57. The monoisotopic (exact) mass is 445 g/mol. The Morgan fingerprint density at radius 1 is 1.12 bits per heavy atom. The lowest BCUT2D eigenvalue weighted by Crippen LogP contribution is -2.08. The van der Waals surface area contributed by atoms with Gasteiger partial charge in [-0.3, -0.25) is 4.98 Å². The zero-order chi connectivity index (χ0) is 23.0. The van der Waals surface area contributed by atoms with Crippen LogP contribution in [0.15, 0.2) is 51.8 Å². The van der Waals surface area contributed by atoms with Crippen molar-refractivity contribution in [3.63, 3.8) is 0 Å². The van der Waals surface area contributed by atoms with E-state index in [2.05, 4.69) is 25.6 Å². The third-order valence-corrected chi connectivity index (χ3v) is 4.67. The van der Waals surface area contributed by atoms with Gasteiger partial charge in [-0.15, -0.1) is 0 Å². The number of hydrogen-bond acceptors (Lipinski definition) is 7. The first-order valence-corrected chi connectivity index (χ1v) is 9.49. The molecule has 4 N–H and O–H groups in total. The molecule has 1 atom stereocenters. The molecule has 0 amide bonds. The molecule has 32 heavy (non-hydrogen) atoms. The highest BCUT2D eigenvalue weighted by Crippen LogP contribution is 2.34. The Morgan fingerprint density at radius 2 is 1.91 bits per heavy atom. The SMILES string of the molecule is Cc1cnc(Nc2cc(C(C)O)cc(C(F)(F)F)c2)nc1Nc1ccc2oc(=O)[nH]c2c1. The fraction of sp³-hybridized carbons (Fsp3) is 0.190. The average Bonchev–Trinajstić information content (AvgIpc) is 3.09. The summed E-state index contributed by atoms with van der Waals surface area (Å²) >= 11 is 0. The minimum Gasteiger partial charge on any atom is -0.408 e. The fourth-order valence-electron chi connectivity index (χ4n) is 3.05. The Labute approximate surface area is 179 Å². The Bertz CT molecular complexity index is 1340. The first kappa shape index (κ1) is 21.4. The summed E-state index contributed by atoms with van der Waals surface area (Å²) in [5, 5.41) is 15.6. The molecule has 0 fully saturated rings. The van der Waals surface area contributed by atoms with Crippen molar-refractivity contribution >= 4 is 34.2 Å². The van der Waals surface area contributed by atoms with Gasteiger partial charge in [0, 0.05) is 23.1 Å². The van der Waals surface area contributed by atoms with Crippen LogP contribution >= 0.6 is 0 Å². The number of hydrogen-bond donors (Lipinski definition) is 4. The number of alkyl halides is 3. The molecule has 2 aromatic carbocycles. The minimum absolute atomic E-state index is 0.0618. The molecular formula is C21H18F3N5O3. The van der Waals surface area contributed by atoms with Crippen molar-refractivity contribution in [1.82, 2.24) is 15.0 Å². The molecule has 11 heteroatoms. The van der Waals surface area contributed by atoms with E-state index in [4.69, 9.17) is 4.42 Å². The topological polar surface area (TPSA) is 116 Å². The van der Waals surface area contributed by atoms with Gasteiger partial charge < -0.3 is 20.2 Å². The van der Waals surface area contributed by atoms with Crippen LogP contribution in [0.4, 0.5) is 36.3 Å². The summed E-state index contributed by atoms with van der Waals surface area (Å²) in [5.74, 6) is -0.0957. The smallest absolute Gasteiger partial charge is 0.408 e.